The van der Waals surface area contributed by atoms with Crippen LogP contribution >= 0.6 is 0 Å². The molecule has 2 amide bonds. The molecule has 2 unspecified atom stereocenters. The molecule has 0 aliphatic heterocycles. The van der Waals surface area contributed by atoms with E-state index in [9.17, 15) is 24.3 Å². The predicted octanol–water partition coefficient (Wildman–Crippen LogP) is 1.41. The largest absolute Gasteiger partial charge is 0.479 e. The molecule has 2 aromatic carbocycles. The predicted molar refractivity (Wildman–Crippen MR) is 120 cm³/mol. The summed E-state index contributed by atoms with van der Waals surface area (Å²) in [6.45, 7) is 1.28. The number of carbonyl (C=O) groups excluding carboxylic acids is 3. The summed E-state index contributed by atoms with van der Waals surface area (Å²) in [7, 11) is 0. The van der Waals surface area contributed by atoms with Gasteiger partial charge in [-0.05, 0) is 29.2 Å². The van der Waals surface area contributed by atoms with Crippen molar-refractivity contribution in [1.29, 1.82) is 0 Å². The van der Waals surface area contributed by atoms with Crippen LogP contribution in [0.15, 0.2) is 48.5 Å². The summed E-state index contributed by atoms with van der Waals surface area (Å²) in [6, 6.07) is 13.9. The van der Waals surface area contributed by atoms with Crippen LogP contribution in [-0.2, 0) is 23.9 Å². The Kier molecular flexibility index (Phi) is 8.20. The monoisotopic (exact) mass is 470 g/mol. The fourth-order valence-corrected chi connectivity index (χ4v) is 3.77. The lowest BCUT2D eigenvalue weighted by molar-refractivity contribution is -0.150. The molecule has 10 heteroatoms. The molecule has 1 aliphatic carbocycles. The summed E-state index contributed by atoms with van der Waals surface area (Å²) in [5, 5.41) is 22.5. The lowest BCUT2D eigenvalue weighted by Gasteiger charge is -2.19. The molecule has 4 N–H and O–H groups in total. The summed E-state index contributed by atoms with van der Waals surface area (Å²) in [6.07, 6.45) is -2.93. The summed E-state index contributed by atoms with van der Waals surface area (Å²) in [5.41, 5.74) is 4.13. The number of hydrogen-bond acceptors (Lipinski definition) is 7. The molecule has 0 fully saturated rings. The van der Waals surface area contributed by atoms with E-state index in [-0.39, 0.29) is 32.1 Å². The number of carboxylic acid groups (broad SMARTS) is 1. The Hall–Kier alpha value is -3.92. The number of nitrogens with one attached hydrogen (secondary N) is 2. The van der Waals surface area contributed by atoms with Crippen LogP contribution in [0.3, 0.4) is 0 Å². The number of fused-ring (bicyclic) bond motifs is 3. The van der Waals surface area contributed by atoms with Gasteiger partial charge in [-0.25, -0.2) is 14.4 Å². The molecule has 3 rings (SSSR count). The average molecular weight is 470 g/mol. The molecule has 2 aromatic rings. The molecule has 2 atom stereocenters. The molecule has 0 aromatic heterocycles. The number of carbonyl (C=O) groups is 4. The number of amides is 2. The number of aliphatic hydroxyl groups excluding tert-OH is 1. The van der Waals surface area contributed by atoms with Gasteiger partial charge in [0.05, 0.1) is 6.61 Å². The van der Waals surface area contributed by atoms with Crippen molar-refractivity contribution >= 4 is 23.9 Å². The van der Waals surface area contributed by atoms with E-state index in [1.165, 1.54) is 0 Å². The molecule has 180 valence electrons. The molecule has 0 spiro atoms. The molecule has 0 heterocycles. The summed E-state index contributed by atoms with van der Waals surface area (Å²) in [4.78, 5) is 47.8. The van der Waals surface area contributed by atoms with Crippen LogP contribution in [0.25, 0.3) is 11.1 Å². The minimum atomic E-state index is -1.70. The number of ether oxygens (including phenoxy) is 2. The van der Waals surface area contributed by atoms with Crippen LogP contribution in [0, 0.1) is 0 Å². The highest BCUT2D eigenvalue weighted by Crippen LogP contribution is 2.44. The van der Waals surface area contributed by atoms with Gasteiger partial charge in [0.2, 0.25) is 6.04 Å². The lowest BCUT2D eigenvalue weighted by Crippen LogP contribution is -2.52. The van der Waals surface area contributed by atoms with Gasteiger partial charge in [0, 0.05) is 18.9 Å². The number of aliphatic carboxylic acids is 1. The summed E-state index contributed by atoms with van der Waals surface area (Å²) in [5.74, 6) is -3.55. The first kappa shape index (κ1) is 24.7. The normalized spacial score (nSPS) is 13.7. The topological polar surface area (TPSA) is 151 Å². The van der Waals surface area contributed by atoms with Crippen molar-refractivity contribution in [3.05, 3.63) is 59.7 Å². The van der Waals surface area contributed by atoms with E-state index < -0.39 is 36.1 Å². The quantitative estimate of drug-likeness (QED) is 0.301. The third kappa shape index (κ3) is 5.70. The van der Waals surface area contributed by atoms with Crippen molar-refractivity contribution in [2.75, 3.05) is 19.8 Å². The van der Waals surface area contributed by atoms with Gasteiger partial charge in [0.25, 0.3) is 5.91 Å². The van der Waals surface area contributed by atoms with E-state index in [0.29, 0.717) is 0 Å². The zero-order valence-corrected chi connectivity index (χ0v) is 18.5. The Balaban J connectivity index is 1.63. The molecular weight excluding hydrogens is 444 g/mol. The minimum Gasteiger partial charge on any atom is -0.479 e. The van der Waals surface area contributed by atoms with Crippen molar-refractivity contribution in [1.82, 2.24) is 10.6 Å². The zero-order chi connectivity index (χ0) is 24.7. The van der Waals surface area contributed by atoms with Gasteiger partial charge in [-0.1, -0.05) is 48.5 Å². The van der Waals surface area contributed by atoms with Crippen LogP contribution in [0.4, 0.5) is 4.79 Å². The number of rotatable bonds is 10. The maximum Gasteiger partial charge on any atom is 0.408 e. The standard InChI is InChI=1S/C24H26N2O8/c1-2-33-23(31)20(21(28)25-12-11-19(27)22(29)30)26-24(32)34-13-18-16-9-5-3-7-14(16)15-8-4-6-10-17(15)18/h3-10,18-20,27H,2,11-13H2,1H3,(H,25,28)(H,26,32)(H,29,30). The smallest absolute Gasteiger partial charge is 0.408 e. The number of esters is 1. The number of aliphatic hydroxyl groups is 1. The highest BCUT2D eigenvalue weighted by Gasteiger charge is 2.32. The van der Waals surface area contributed by atoms with Gasteiger partial charge < -0.3 is 25.0 Å². The van der Waals surface area contributed by atoms with Crippen molar-refractivity contribution in [3.63, 3.8) is 0 Å². The van der Waals surface area contributed by atoms with Crippen LogP contribution in [0.5, 0.6) is 0 Å². The van der Waals surface area contributed by atoms with Crippen molar-refractivity contribution in [2.45, 2.75) is 31.4 Å². The maximum atomic E-state index is 12.5. The highest BCUT2D eigenvalue weighted by molar-refractivity contribution is 6.04. The molecule has 34 heavy (non-hydrogen) atoms. The first-order chi connectivity index (χ1) is 16.3. The molecule has 10 nitrogen and oxygen atoms in total. The summed E-state index contributed by atoms with van der Waals surface area (Å²) >= 11 is 0. The zero-order valence-electron chi connectivity index (χ0n) is 18.5. The van der Waals surface area contributed by atoms with Crippen molar-refractivity contribution < 1.29 is 38.9 Å². The maximum absolute atomic E-state index is 12.5. The molecule has 1 aliphatic rings. The highest BCUT2D eigenvalue weighted by atomic mass is 16.6. The molecular formula is C24H26N2O8. The van der Waals surface area contributed by atoms with E-state index in [1.54, 1.807) is 6.92 Å². The van der Waals surface area contributed by atoms with Gasteiger partial charge in [0.15, 0.2) is 6.10 Å². The van der Waals surface area contributed by atoms with Crippen molar-refractivity contribution in [2.24, 2.45) is 0 Å². The second-order valence-electron chi connectivity index (χ2n) is 7.59. The third-order valence-corrected chi connectivity index (χ3v) is 5.39. The van der Waals surface area contributed by atoms with E-state index in [4.69, 9.17) is 14.6 Å². The average Bonchev–Trinajstić information content (AvgIpc) is 3.14. The summed E-state index contributed by atoms with van der Waals surface area (Å²) < 4.78 is 10.2. The first-order valence-electron chi connectivity index (χ1n) is 10.8. The third-order valence-electron chi connectivity index (χ3n) is 5.39. The minimum absolute atomic E-state index is 0.0121. The van der Waals surface area contributed by atoms with Crippen LogP contribution in [-0.4, -0.2) is 66.1 Å². The van der Waals surface area contributed by atoms with E-state index in [1.807, 2.05) is 48.5 Å². The Labute approximate surface area is 195 Å². The van der Waals surface area contributed by atoms with Crippen LogP contribution < -0.4 is 10.6 Å². The van der Waals surface area contributed by atoms with Gasteiger partial charge in [-0.3, -0.25) is 10.1 Å². The van der Waals surface area contributed by atoms with Gasteiger partial charge in [-0.2, -0.15) is 0 Å². The molecule has 0 saturated heterocycles. The van der Waals surface area contributed by atoms with Gasteiger partial charge in [-0.15, -0.1) is 0 Å². The van der Waals surface area contributed by atoms with E-state index >= 15 is 0 Å². The Bertz CT molecular complexity index is 1020. The molecule has 0 saturated carbocycles. The number of carboxylic acids is 1. The Morgan fingerprint density at radius 3 is 2.12 bits per heavy atom. The lowest BCUT2D eigenvalue weighted by atomic mass is 9.98. The van der Waals surface area contributed by atoms with Crippen LogP contribution in [0.1, 0.15) is 30.4 Å². The number of hydrogen-bond donors (Lipinski definition) is 4. The van der Waals surface area contributed by atoms with Gasteiger partial charge in [0.1, 0.15) is 6.61 Å². The molecule has 0 radical (unpaired) electrons. The van der Waals surface area contributed by atoms with E-state index in [2.05, 4.69) is 10.6 Å². The molecule has 0 bridgehead atoms. The SMILES string of the molecule is CCOC(=O)C(NC(=O)OCC1c2ccccc2-c2ccccc21)C(=O)NCCC(O)C(=O)O. The Morgan fingerprint density at radius 1 is 0.971 bits per heavy atom. The Morgan fingerprint density at radius 2 is 1.56 bits per heavy atom. The van der Waals surface area contributed by atoms with E-state index in [0.717, 1.165) is 22.3 Å². The number of alkyl carbamates (subject to hydrolysis) is 1. The fourth-order valence-electron chi connectivity index (χ4n) is 3.77. The second-order valence-corrected chi connectivity index (χ2v) is 7.59. The van der Waals surface area contributed by atoms with Crippen molar-refractivity contribution in [3.8, 4) is 11.1 Å². The second kappa shape index (κ2) is 11.3. The first-order valence-corrected chi connectivity index (χ1v) is 10.8. The number of benzene rings is 2. The fraction of sp³-hybridized carbons (Fsp3) is 0.333. The van der Waals surface area contributed by atoms with Gasteiger partial charge >= 0.3 is 18.0 Å². The van der Waals surface area contributed by atoms with Crippen LogP contribution in [0.2, 0.25) is 0 Å².